The predicted octanol–water partition coefficient (Wildman–Crippen LogP) is 3.60. The number of hydrogen-bond donors (Lipinski definition) is 0. The van der Waals surface area contributed by atoms with E-state index in [0.717, 1.165) is 10.0 Å². The standard InChI is InChI=1S/C20H22BrNO5S/c1-4-27-19-9-13(6-8-18(19)26-2)17(12-28(3,24)25)22-11-14-5-7-15(21)10-16(14)20(22)23/h5-10,17H,4,11-12H2,1-3H3. The Bertz CT molecular complexity index is 1010. The molecule has 0 bridgehead atoms. The quantitative estimate of drug-likeness (QED) is 0.621. The highest BCUT2D eigenvalue weighted by Gasteiger charge is 2.35. The summed E-state index contributed by atoms with van der Waals surface area (Å²) < 4.78 is 36.0. The highest BCUT2D eigenvalue weighted by Crippen LogP contribution is 2.37. The fraction of sp³-hybridized carbons (Fsp3) is 0.350. The van der Waals surface area contributed by atoms with Crippen LogP contribution in [0.2, 0.25) is 0 Å². The van der Waals surface area contributed by atoms with Gasteiger partial charge in [0.05, 0.1) is 25.5 Å². The molecule has 0 N–H and O–H groups in total. The molecule has 0 spiro atoms. The third-order valence-electron chi connectivity index (χ3n) is 4.61. The van der Waals surface area contributed by atoms with Crippen LogP contribution in [-0.2, 0) is 16.4 Å². The van der Waals surface area contributed by atoms with Crippen molar-refractivity contribution in [3.63, 3.8) is 0 Å². The van der Waals surface area contributed by atoms with Gasteiger partial charge in [-0.15, -0.1) is 0 Å². The van der Waals surface area contributed by atoms with Crippen molar-refractivity contribution in [1.82, 2.24) is 4.90 Å². The lowest BCUT2D eigenvalue weighted by Gasteiger charge is -2.28. The summed E-state index contributed by atoms with van der Waals surface area (Å²) >= 11 is 3.39. The van der Waals surface area contributed by atoms with Gasteiger partial charge in [-0.1, -0.05) is 28.1 Å². The van der Waals surface area contributed by atoms with Crippen LogP contribution in [0.25, 0.3) is 0 Å². The van der Waals surface area contributed by atoms with Crippen LogP contribution in [0.4, 0.5) is 0 Å². The summed E-state index contributed by atoms with van der Waals surface area (Å²) in [7, 11) is -1.80. The van der Waals surface area contributed by atoms with Crippen molar-refractivity contribution in [3.05, 3.63) is 57.6 Å². The first-order chi connectivity index (χ1) is 13.2. The maximum absolute atomic E-state index is 13.0. The second-order valence-electron chi connectivity index (χ2n) is 6.69. The summed E-state index contributed by atoms with van der Waals surface area (Å²) in [5.41, 5.74) is 2.16. The highest BCUT2D eigenvalue weighted by molar-refractivity contribution is 9.10. The summed E-state index contributed by atoms with van der Waals surface area (Å²) in [4.78, 5) is 14.6. The molecule has 1 atom stereocenters. The third kappa shape index (κ3) is 4.33. The van der Waals surface area contributed by atoms with Gasteiger partial charge in [0.25, 0.3) is 5.91 Å². The smallest absolute Gasteiger partial charge is 0.255 e. The van der Waals surface area contributed by atoms with E-state index in [-0.39, 0.29) is 11.7 Å². The van der Waals surface area contributed by atoms with Crippen LogP contribution in [0.1, 0.15) is 34.5 Å². The molecular weight excluding hydrogens is 446 g/mol. The monoisotopic (exact) mass is 467 g/mol. The Morgan fingerprint density at radius 2 is 1.93 bits per heavy atom. The average molecular weight is 468 g/mol. The molecule has 150 valence electrons. The second kappa shape index (κ2) is 8.13. The average Bonchev–Trinajstić information content (AvgIpc) is 2.95. The molecule has 2 aromatic rings. The highest BCUT2D eigenvalue weighted by atomic mass is 79.9. The minimum atomic E-state index is -3.34. The number of ether oxygens (including phenoxy) is 2. The summed E-state index contributed by atoms with van der Waals surface area (Å²) in [6, 6.07) is 10.2. The van der Waals surface area contributed by atoms with Gasteiger partial charge in [-0.25, -0.2) is 8.42 Å². The Labute approximate surface area is 173 Å². The molecule has 8 heteroatoms. The van der Waals surface area contributed by atoms with Crippen molar-refractivity contribution in [2.75, 3.05) is 25.7 Å². The molecule has 0 saturated heterocycles. The van der Waals surface area contributed by atoms with E-state index in [2.05, 4.69) is 15.9 Å². The molecule has 0 fully saturated rings. The van der Waals surface area contributed by atoms with Gasteiger partial charge in [0.1, 0.15) is 9.84 Å². The first kappa shape index (κ1) is 20.7. The van der Waals surface area contributed by atoms with Gasteiger partial charge in [0, 0.05) is 22.8 Å². The summed E-state index contributed by atoms with van der Waals surface area (Å²) in [6.45, 7) is 2.66. The summed E-state index contributed by atoms with van der Waals surface area (Å²) in [6.07, 6.45) is 1.18. The lowest BCUT2D eigenvalue weighted by molar-refractivity contribution is 0.0718. The van der Waals surface area contributed by atoms with Crippen LogP contribution in [0.15, 0.2) is 40.9 Å². The van der Waals surface area contributed by atoms with Crippen molar-refractivity contribution in [2.24, 2.45) is 0 Å². The van der Waals surface area contributed by atoms with Crippen LogP contribution in [0.3, 0.4) is 0 Å². The van der Waals surface area contributed by atoms with E-state index in [1.165, 1.54) is 6.26 Å². The molecule has 6 nitrogen and oxygen atoms in total. The van der Waals surface area contributed by atoms with Gasteiger partial charge in [0.15, 0.2) is 11.5 Å². The number of carbonyl (C=O) groups excluding carboxylic acids is 1. The fourth-order valence-corrected chi connectivity index (χ4v) is 4.68. The van der Waals surface area contributed by atoms with E-state index in [1.807, 2.05) is 19.1 Å². The number of halogens is 1. The van der Waals surface area contributed by atoms with Crippen LogP contribution in [0.5, 0.6) is 11.5 Å². The van der Waals surface area contributed by atoms with Crippen molar-refractivity contribution in [2.45, 2.75) is 19.5 Å². The Balaban J connectivity index is 2.04. The van der Waals surface area contributed by atoms with Crippen molar-refractivity contribution >= 4 is 31.7 Å². The Morgan fingerprint density at radius 3 is 2.57 bits per heavy atom. The van der Waals surface area contributed by atoms with Crippen molar-refractivity contribution in [1.29, 1.82) is 0 Å². The minimum absolute atomic E-state index is 0.175. The maximum Gasteiger partial charge on any atom is 0.255 e. The first-order valence-corrected chi connectivity index (χ1v) is 11.7. The van der Waals surface area contributed by atoms with Gasteiger partial charge in [0.2, 0.25) is 0 Å². The van der Waals surface area contributed by atoms with E-state index in [9.17, 15) is 13.2 Å². The number of sulfone groups is 1. The molecule has 3 rings (SSSR count). The molecule has 1 unspecified atom stereocenters. The number of carbonyl (C=O) groups is 1. The van der Waals surface area contributed by atoms with Gasteiger partial charge in [-0.2, -0.15) is 0 Å². The Morgan fingerprint density at radius 1 is 1.18 bits per heavy atom. The number of rotatable bonds is 7. The van der Waals surface area contributed by atoms with Crippen LogP contribution >= 0.6 is 15.9 Å². The number of benzene rings is 2. The van der Waals surface area contributed by atoms with Crippen LogP contribution in [0, 0.1) is 0 Å². The minimum Gasteiger partial charge on any atom is -0.493 e. The molecule has 1 amide bonds. The molecule has 1 heterocycles. The van der Waals surface area contributed by atoms with E-state index >= 15 is 0 Å². The zero-order chi connectivity index (χ0) is 20.5. The van der Waals surface area contributed by atoms with E-state index in [0.29, 0.717) is 35.8 Å². The van der Waals surface area contributed by atoms with E-state index in [1.54, 1.807) is 36.3 Å². The third-order valence-corrected chi connectivity index (χ3v) is 6.03. The van der Waals surface area contributed by atoms with E-state index < -0.39 is 15.9 Å². The topological polar surface area (TPSA) is 72.9 Å². The molecule has 1 aliphatic rings. The molecular formula is C20H22BrNO5S. The zero-order valence-corrected chi connectivity index (χ0v) is 18.3. The maximum atomic E-state index is 13.0. The number of nitrogens with zero attached hydrogens (tertiary/aromatic N) is 1. The molecule has 0 radical (unpaired) electrons. The largest absolute Gasteiger partial charge is 0.493 e. The Kier molecular flexibility index (Phi) is 6.00. The normalized spacial score (nSPS) is 14.7. The SMILES string of the molecule is CCOc1cc(C(CS(C)(=O)=O)N2Cc3ccc(Br)cc3C2=O)ccc1OC. The van der Waals surface area contributed by atoms with Crippen molar-refractivity contribution in [3.8, 4) is 11.5 Å². The first-order valence-electron chi connectivity index (χ1n) is 8.81. The van der Waals surface area contributed by atoms with E-state index in [4.69, 9.17) is 9.47 Å². The van der Waals surface area contributed by atoms with Crippen LogP contribution in [-0.4, -0.2) is 45.0 Å². The predicted molar refractivity (Wildman–Crippen MR) is 111 cm³/mol. The lowest BCUT2D eigenvalue weighted by Crippen LogP contribution is -2.33. The lowest BCUT2D eigenvalue weighted by atomic mass is 10.1. The summed E-state index contributed by atoms with van der Waals surface area (Å²) in [5, 5.41) is 0. The summed E-state index contributed by atoms with van der Waals surface area (Å²) in [5.74, 6) is 0.724. The molecule has 28 heavy (non-hydrogen) atoms. The van der Waals surface area contributed by atoms with Gasteiger partial charge in [-0.3, -0.25) is 4.79 Å². The number of hydrogen-bond acceptors (Lipinski definition) is 5. The van der Waals surface area contributed by atoms with Gasteiger partial charge < -0.3 is 14.4 Å². The number of fused-ring (bicyclic) bond motifs is 1. The molecule has 1 aliphatic heterocycles. The van der Waals surface area contributed by atoms with Crippen molar-refractivity contribution < 1.29 is 22.7 Å². The van der Waals surface area contributed by atoms with Gasteiger partial charge in [-0.05, 0) is 42.3 Å². The molecule has 0 aliphatic carbocycles. The molecule has 0 saturated carbocycles. The second-order valence-corrected chi connectivity index (χ2v) is 9.79. The molecule has 0 aromatic heterocycles. The Hall–Kier alpha value is -2.06. The number of methoxy groups -OCH3 is 1. The number of amides is 1. The van der Waals surface area contributed by atoms with Gasteiger partial charge >= 0.3 is 0 Å². The zero-order valence-electron chi connectivity index (χ0n) is 15.9. The van der Waals surface area contributed by atoms with Crippen LogP contribution < -0.4 is 9.47 Å². The molecule has 2 aromatic carbocycles. The fourth-order valence-electron chi connectivity index (χ4n) is 3.37.